The van der Waals surface area contributed by atoms with Crippen LogP contribution in [0.4, 0.5) is 4.39 Å². The van der Waals surface area contributed by atoms with Crippen molar-refractivity contribution in [3.8, 4) is 0 Å². The Morgan fingerprint density at radius 3 is 2.56 bits per heavy atom. The average Bonchev–Trinajstić information content (AvgIpc) is 1.89. The standard InChI is InChI=1S/C7H12ClF/c8-6-4-2-1-3-5-7-9/h5,7H,1-4,6H2/b7-5-. The van der Waals surface area contributed by atoms with Crippen molar-refractivity contribution in [3.05, 3.63) is 12.4 Å². The van der Waals surface area contributed by atoms with Gasteiger partial charge in [-0.05, 0) is 19.3 Å². The van der Waals surface area contributed by atoms with Crippen LogP contribution in [0.25, 0.3) is 0 Å². The zero-order valence-corrected chi connectivity index (χ0v) is 6.20. The molecule has 0 aliphatic heterocycles. The SMILES string of the molecule is F/C=C\CCCCCCl. The highest BCUT2D eigenvalue weighted by Crippen LogP contribution is 2.01. The van der Waals surface area contributed by atoms with Gasteiger partial charge in [0.1, 0.15) is 0 Å². The molecule has 0 nitrogen and oxygen atoms in total. The molecule has 0 saturated carbocycles. The molecule has 0 aromatic carbocycles. The number of allylic oxidation sites excluding steroid dienone is 1. The third-order valence-corrected chi connectivity index (χ3v) is 1.36. The maximum atomic E-state index is 11.3. The molecule has 0 saturated heterocycles. The van der Waals surface area contributed by atoms with Crippen molar-refractivity contribution in [3.63, 3.8) is 0 Å². The lowest BCUT2D eigenvalue weighted by atomic mass is 10.2. The van der Waals surface area contributed by atoms with Crippen molar-refractivity contribution < 1.29 is 4.39 Å². The number of rotatable bonds is 5. The van der Waals surface area contributed by atoms with Gasteiger partial charge in [-0.15, -0.1) is 11.6 Å². The molecule has 0 heterocycles. The molecule has 0 atom stereocenters. The Morgan fingerprint density at radius 2 is 2.00 bits per heavy atom. The summed E-state index contributed by atoms with van der Waals surface area (Å²) in [5, 5.41) is 0. The third kappa shape index (κ3) is 7.96. The van der Waals surface area contributed by atoms with Gasteiger partial charge in [-0.1, -0.05) is 12.5 Å². The van der Waals surface area contributed by atoms with Crippen LogP contribution in [0.3, 0.4) is 0 Å². The molecular weight excluding hydrogens is 139 g/mol. The summed E-state index contributed by atoms with van der Waals surface area (Å²) in [5.41, 5.74) is 0. The number of hydrogen-bond acceptors (Lipinski definition) is 0. The van der Waals surface area contributed by atoms with E-state index in [9.17, 15) is 4.39 Å². The lowest BCUT2D eigenvalue weighted by Gasteiger charge is -1.91. The molecule has 0 aliphatic rings. The fourth-order valence-electron chi connectivity index (χ4n) is 0.596. The van der Waals surface area contributed by atoms with Crippen LogP contribution < -0.4 is 0 Å². The van der Waals surface area contributed by atoms with Crippen LogP contribution in [0.1, 0.15) is 25.7 Å². The molecule has 0 aliphatic carbocycles. The maximum absolute atomic E-state index is 11.3. The second-order valence-electron chi connectivity index (χ2n) is 1.90. The van der Waals surface area contributed by atoms with E-state index in [0.717, 1.165) is 31.6 Å². The Hall–Kier alpha value is -0.0400. The minimum Gasteiger partial charge on any atom is -0.216 e. The molecule has 0 N–H and O–H groups in total. The Kier molecular flexibility index (Phi) is 7.92. The maximum Gasteiger partial charge on any atom is 0.0827 e. The Bertz CT molecular complexity index is 71.3. The lowest BCUT2D eigenvalue weighted by Crippen LogP contribution is -1.75. The summed E-state index contributed by atoms with van der Waals surface area (Å²) < 4.78 is 11.3. The molecular formula is C7H12ClF. The first-order valence-electron chi connectivity index (χ1n) is 3.23. The topological polar surface area (TPSA) is 0 Å². The second kappa shape index (κ2) is 7.96. The van der Waals surface area contributed by atoms with E-state index in [-0.39, 0.29) is 0 Å². The van der Waals surface area contributed by atoms with Gasteiger partial charge in [0.15, 0.2) is 0 Å². The Labute approximate surface area is 60.7 Å². The molecule has 0 radical (unpaired) electrons. The predicted octanol–water partition coefficient (Wildman–Crippen LogP) is 3.27. The highest BCUT2D eigenvalue weighted by molar-refractivity contribution is 6.17. The monoisotopic (exact) mass is 150 g/mol. The summed E-state index contributed by atoms with van der Waals surface area (Å²) >= 11 is 5.42. The summed E-state index contributed by atoms with van der Waals surface area (Å²) in [6.07, 6.45) is 6.17. The number of halogens is 2. The minimum atomic E-state index is 0.598. The van der Waals surface area contributed by atoms with E-state index in [2.05, 4.69) is 0 Å². The summed E-state index contributed by atoms with van der Waals surface area (Å²) in [4.78, 5) is 0. The zero-order valence-electron chi connectivity index (χ0n) is 5.45. The van der Waals surface area contributed by atoms with Crippen LogP contribution in [-0.4, -0.2) is 5.88 Å². The van der Waals surface area contributed by atoms with Gasteiger partial charge < -0.3 is 0 Å². The zero-order chi connectivity index (χ0) is 6.95. The molecule has 2 heteroatoms. The Balaban J connectivity index is 2.75. The van der Waals surface area contributed by atoms with Gasteiger partial charge in [0.05, 0.1) is 6.33 Å². The summed E-state index contributed by atoms with van der Waals surface area (Å²) in [5.74, 6) is 0.722. The number of alkyl halides is 1. The first kappa shape index (κ1) is 8.96. The molecule has 0 bridgehead atoms. The molecule has 0 spiro atoms. The van der Waals surface area contributed by atoms with Crippen molar-refractivity contribution in [2.75, 3.05) is 5.88 Å². The highest BCUT2D eigenvalue weighted by Gasteiger charge is 1.83. The third-order valence-electron chi connectivity index (χ3n) is 1.09. The summed E-state index contributed by atoms with van der Waals surface area (Å²) in [7, 11) is 0. The van der Waals surface area contributed by atoms with Gasteiger partial charge in [-0.2, -0.15) is 0 Å². The molecule has 0 fully saturated rings. The minimum absolute atomic E-state index is 0.598. The second-order valence-corrected chi connectivity index (χ2v) is 2.28. The molecule has 9 heavy (non-hydrogen) atoms. The van der Waals surface area contributed by atoms with Gasteiger partial charge >= 0.3 is 0 Å². The fraction of sp³-hybridized carbons (Fsp3) is 0.714. The van der Waals surface area contributed by atoms with E-state index in [1.54, 1.807) is 0 Å². The van der Waals surface area contributed by atoms with E-state index >= 15 is 0 Å². The van der Waals surface area contributed by atoms with Crippen molar-refractivity contribution in [2.24, 2.45) is 0 Å². The first-order valence-corrected chi connectivity index (χ1v) is 3.76. The summed E-state index contributed by atoms with van der Waals surface area (Å²) in [6.45, 7) is 0. The molecule has 0 amide bonds. The van der Waals surface area contributed by atoms with E-state index in [1.165, 1.54) is 6.08 Å². The van der Waals surface area contributed by atoms with Crippen LogP contribution in [0.5, 0.6) is 0 Å². The fourth-order valence-corrected chi connectivity index (χ4v) is 0.785. The Morgan fingerprint density at radius 1 is 1.22 bits per heavy atom. The number of unbranched alkanes of at least 4 members (excludes halogenated alkanes) is 3. The normalized spacial score (nSPS) is 10.9. The van der Waals surface area contributed by atoms with Gasteiger partial charge in [-0.3, -0.25) is 0 Å². The summed E-state index contributed by atoms with van der Waals surface area (Å²) in [6, 6.07) is 0. The van der Waals surface area contributed by atoms with E-state index in [1.807, 2.05) is 0 Å². The van der Waals surface area contributed by atoms with Gasteiger partial charge in [-0.25, -0.2) is 4.39 Å². The average molecular weight is 151 g/mol. The first-order chi connectivity index (χ1) is 4.41. The van der Waals surface area contributed by atoms with Gasteiger partial charge in [0.2, 0.25) is 0 Å². The molecule has 0 rings (SSSR count). The van der Waals surface area contributed by atoms with E-state index in [0.29, 0.717) is 6.33 Å². The number of hydrogen-bond donors (Lipinski definition) is 0. The van der Waals surface area contributed by atoms with Crippen molar-refractivity contribution >= 4 is 11.6 Å². The quantitative estimate of drug-likeness (QED) is 0.417. The van der Waals surface area contributed by atoms with Crippen LogP contribution in [0, 0.1) is 0 Å². The molecule has 0 aromatic heterocycles. The van der Waals surface area contributed by atoms with Crippen molar-refractivity contribution in [2.45, 2.75) is 25.7 Å². The molecule has 0 aromatic rings. The smallest absolute Gasteiger partial charge is 0.0827 e. The predicted molar refractivity (Wildman–Crippen MR) is 39.4 cm³/mol. The van der Waals surface area contributed by atoms with Crippen molar-refractivity contribution in [1.82, 2.24) is 0 Å². The van der Waals surface area contributed by atoms with Crippen LogP contribution in [0.2, 0.25) is 0 Å². The van der Waals surface area contributed by atoms with Crippen LogP contribution in [-0.2, 0) is 0 Å². The van der Waals surface area contributed by atoms with E-state index in [4.69, 9.17) is 11.6 Å². The van der Waals surface area contributed by atoms with Crippen molar-refractivity contribution in [1.29, 1.82) is 0 Å². The van der Waals surface area contributed by atoms with Crippen LogP contribution in [0.15, 0.2) is 12.4 Å². The largest absolute Gasteiger partial charge is 0.216 e. The molecule has 54 valence electrons. The molecule has 0 unspecified atom stereocenters. The van der Waals surface area contributed by atoms with E-state index < -0.39 is 0 Å². The lowest BCUT2D eigenvalue weighted by molar-refractivity contribution is 0.692. The van der Waals surface area contributed by atoms with Gasteiger partial charge in [0.25, 0.3) is 0 Å². The van der Waals surface area contributed by atoms with Gasteiger partial charge in [0, 0.05) is 5.88 Å². The highest BCUT2D eigenvalue weighted by atomic mass is 35.5. The van der Waals surface area contributed by atoms with Crippen LogP contribution >= 0.6 is 11.6 Å².